The molecule has 11 heteroatoms. The van der Waals surface area contributed by atoms with Gasteiger partial charge >= 0.3 is 24.5 Å². The molecule has 0 heterocycles. The fourth-order valence-corrected chi connectivity index (χ4v) is 4.14. The summed E-state index contributed by atoms with van der Waals surface area (Å²) in [4.78, 5) is 12.6. The Labute approximate surface area is 218 Å². The molecule has 0 radical (unpaired) electrons. The van der Waals surface area contributed by atoms with E-state index in [1.54, 1.807) is 13.8 Å². The molecule has 0 aliphatic rings. The number of ether oxygens (including phenoxy) is 1. The Morgan fingerprint density at radius 2 is 1.08 bits per heavy atom. The van der Waals surface area contributed by atoms with Crippen LogP contribution in [0.2, 0.25) is 0 Å². The first-order valence-corrected chi connectivity index (χ1v) is 11.6. The summed E-state index contributed by atoms with van der Waals surface area (Å²) in [6, 6.07) is 9.02. The van der Waals surface area contributed by atoms with Crippen LogP contribution in [0.15, 0.2) is 60.7 Å². The van der Waals surface area contributed by atoms with E-state index in [9.17, 15) is 44.3 Å². The molecule has 3 aromatic carbocycles. The van der Waals surface area contributed by atoms with E-state index >= 15 is 0 Å². The first-order chi connectivity index (χ1) is 17.9. The molecule has 210 valence electrons. The first-order valence-electron chi connectivity index (χ1n) is 11.6. The molecule has 3 aromatic rings. The number of hydrogen-bond donors (Lipinski definition) is 0. The summed E-state index contributed by atoms with van der Waals surface area (Å²) in [5.74, 6) is -1.67. The summed E-state index contributed by atoms with van der Waals surface area (Å²) in [5.41, 5.74) is -3.88. The van der Waals surface area contributed by atoms with E-state index in [0.29, 0.717) is 12.1 Å². The Kier molecular flexibility index (Phi) is 8.43. The topological polar surface area (TPSA) is 26.3 Å². The monoisotopic (exact) mass is 562 g/mol. The van der Waals surface area contributed by atoms with Crippen molar-refractivity contribution in [1.82, 2.24) is 0 Å². The molecule has 0 fully saturated rings. The number of benzene rings is 3. The van der Waals surface area contributed by atoms with Crippen molar-refractivity contribution in [1.29, 1.82) is 0 Å². The van der Waals surface area contributed by atoms with Crippen LogP contribution in [-0.4, -0.2) is 13.1 Å². The number of hydrogen-bond acceptors (Lipinski definition) is 2. The third-order valence-corrected chi connectivity index (χ3v) is 6.02. The summed E-state index contributed by atoms with van der Waals surface area (Å²) in [6.45, 7) is 3.61. The van der Waals surface area contributed by atoms with Gasteiger partial charge < -0.3 is 4.74 Å². The second-order valence-corrected chi connectivity index (χ2v) is 9.42. The molecule has 0 bridgehead atoms. The lowest BCUT2D eigenvalue weighted by Crippen LogP contribution is -2.16. The molecule has 39 heavy (non-hydrogen) atoms. The summed E-state index contributed by atoms with van der Waals surface area (Å²) in [5, 5.41) is 0. The fourth-order valence-electron chi connectivity index (χ4n) is 4.14. The van der Waals surface area contributed by atoms with Crippen LogP contribution in [-0.2, 0) is 28.1 Å². The van der Waals surface area contributed by atoms with Crippen molar-refractivity contribution in [3.8, 4) is 22.3 Å². The molecule has 0 saturated carbocycles. The maximum atomic E-state index is 13.5. The highest BCUT2D eigenvalue weighted by Gasteiger charge is 2.37. The highest BCUT2D eigenvalue weighted by Crippen LogP contribution is 2.41. The third-order valence-electron chi connectivity index (χ3n) is 6.02. The van der Waals surface area contributed by atoms with Crippen molar-refractivity contribution in [3.05, 3.63) is 82.9 Å². The van der Waals surface area contributed by atoms with Crippen LogP contribution in [0, 0.1) is 5.92 Å². The standard InChI is InChI=1S/C28H23F9O2/c1-15(2)8-24(25(38)39-3)20-10-17(16-4-6-21(7-5-16)26(29,30)31)9-18(11-20)19-12-22(27(32,33)34)14-23(13-19)28(35,36)37/h4-7,9-15,24H,8H2,1-3H3. The molecule has 0 saturated heterocycles. The molecule has 0 spiro atoms. The molecular formula is C28H23F9O2. The Balaban J connectivity index is 2.31. The van der Waals surface area contributed by atoms with Gasteiger partial charge in [0.1, 0.15) is 0 Å². The second-order valence-electron chi connectivity index (χ2n) is 9.42. The SMILES string of the molecule is COC(=O)C(CC(C)C)c1cc(-c2ccc(C(F)(F)F)cc2)cc(-c2cc(C(F)(F)F)cc(C(F)(F)F)c2)c1. The van der Waals surface area contributed by atoms with Gasteiger partial charge in [0, 0.05) is 0 Å². The van der Waals surface area contributed by atoms with E-state index in [1.807, 2.05) is 0 Å². The van der Waals surface area contributed by atoms with Crippen LogP contribution in [0.1, 0.15) is 48.4 Å². The Morgan fingerprint density at radius 1 is 0.641 bits per heavy atom. The van der Waals surface area contributed by atoms with Gasteiger partial charge in [-0.3, -0.25) is 4.79 Å². The first kappa shape index (κ1) is 30.0. The molecular weight excluding hydrogens is 539 g/mol. The predicted molar refractivity (Wildman–Crippen MR) is 127 cm³/mol. The normalized spacial score (nSPS) is 13.5. The van der Waals surface area contributed by atoms with Crippen molar-refractivity contribution >= 4 is 5.97 Å². The minimum Gasteiger partial charge on any atom is -0.469 e. The van der Waals surface area contributed by atoms with E-state index in [0.717, 1.165) is 31.4 Å². The highest BCUT2D eigenvalue weighted by molar-refractivity contribution is 5.82. The Hall–Kier alpha value is -3.50. The number of carbonyl (C=O) groups excluding carboxylic acids is 1. The van der Waals surface area contributed by atoms with Crippen LogP contribution in [0.5, 0.6) is 0 Å². The highest BCUT2D eigenvalue weighted by atomic mass is 19.4. The van der Waals surface area contributed by atoms with Crippen molar-refractivity contribution in [3.63, 3.8) is 0 Å². The molecule has 1 atom stereocenters. The number of alkyl halides is 9. The number of methoxy groups -OCH3 is 1. The fraction of sp³-hybridized carbons (Fsp3) is 0.321. The van der Waals surface area contributed by atoms with Crippen molar-refractivity contribution < 1.29 is 49.0 Å². The van der Waals surface area contributed by atoms with Crippen LogP contribution in [0.3, 0.4) is 0 Å². The summed E-state index contributed by atoms with van der Waals surface area (Å²) in [7, 11) is 1.14. The van der Waals surface area contributed by atoms with Gasteiger partial charge in [-0.2, -0.15) is 39.5 Å². The molecule has 0 N–H and O–H groups in total. The minimum absolute atomic E-state index is 0.000139. The molecule has 3 rings (SSSR count). The van der Waals surface area contributed by atoms with Crippen LogP contribution >= 0.6 is 0 Å². The molecule has 1 unspecified atom stereocenters. The van der Waals surface area contributed by atoms with E-state index in [2.05, 4.69) is 0 Å². The van der Waals surface area contributed by atoms with Crippen LogP contribution in [0.4, 0.5) is 39.5 Å². The van der Waals surface area contributed by atoms with Gasteiger partial charge in [-0.25, -0.2) is 0 Å². The smallest absolute Gasteiger partial charge is 0.416 e. The van der Waals surface area contributed by atoms with Gasteiger partial charge in [0.05, 0.1) is 29.7 Å². The zero-order valence-electron chi connectivity index (χ0n) is 20.9. The lowest BCUT2D eigenvalue weighted by molar-refractivity contribution is -0.144. The summed E-state index contributed by atoms with van der Waals surface area (Å²) in [6.07, 6.45) is -14.6. The maximum Gasteiger partial charge on any atom is 0.416 e. The largest absolute Gasteiger partial charge is 0.469 e. The van der Waals surface area contributed by atoms with E-state index < -0.39 is 52.7 Å². The zero-order valence-corrected chi connectivity index (χ0v) is 20.9. The van der Waals surface area contributed by atoms with Crippen LogP contribution < -0.4 is 0 Å². The number of rotatable bonds is 6. The quantitative estimate of drug-likeness (QED) is 0.221. The summed E-state index contributed by atoms with van der Waals surface area (Å²) >= 11 is 0. The van der Waals surface area contributed by atoms with E-state index in [4.69, 9.17) is 4.74 Å². The molecule has 2 nitrogen and oxygen atoms in total. The van der Waals surface area contributed by atoms with Crippen molar-refractivity contribution in [2.45, 2.75) is 44.7 Å². The predicted octanol–water partition coefficient (Wildman–Crippen LogP) is 9.38. The average molecular weight is 562 g/mol. The number of esters is 1. The van der Waals surface area contributed by atoms with Crippen LogP contribution in [0.25, 0.3) is 22.3 Å². The number of halogens is 9. The Bertz CT molecular complexity index is 1290. The Morgan fingerprint density at radius 3 is 1.49 bits per heavy atom. The number of carbonyl (C=O) groups is 1. The molecule has 0 aliphatic heterocycles. The van der Waals surface area contributed by atoms with Gasteiger partial charge in [-0.15, -0.1) is 0 Å². The lowest BCUT2D eigenvalue weighted by Gasteiger charge is -2.20. The van der Waals surface area contributed by atoms with E-state index in [-0.39, 0.29) is 40.7 Å². The molecule has 0 aliphatic carbocycles. The zero-order chi connectivity index (χ0) is 29.3. The summed E-state index contributed by atoms with van der Waals surface area (Å²) < 4.78 is 125. The van der Waals surface area contributed by atoms with Gasteiger partial charge in [-0.1, -0.05) is 38.1 Å². The lowest BCUT2D eigenvalue weighted by atomic mass is 9.86. The maximum absolute atomic E-state index is 13.5. The van der Waals surface area contributed by atoms with Gasteiger partial charge in [0.25, 0.3) is 0 Å². The average Bonchev–Trinajstić information content (AvgIpc) is 2.84. The van der Waals surface area contributed by atoms with E-state index in [1.165, 1.54) is 18.2 Å². The van der Waals surface area contributed by atoms with Gasteiger partial charge in [0.15, 0.2) is 0 Å². The van der Waals surface area contributed by atoms with Crippen molar-refractivity contribution in [2.75, 3.05) is 7.11 Å². The van der Waals surface area contributed by atoms with Gasteiger partial charge in [0.2, 0.25) is 0 Å². The molecule has 0 amide bonds. The molecule has 0 aromatic heterocycles. The third kappa shape index (κ3) is 7.33. The minimum atomic E-state index is -5.09. The van der Waals surface area contributed by atoms with Crippen molar-refractivity contribution in [2.24, 2.45) is 5.92 Å². The van der Waals surface area contributed by atoms with Gasteiger partial charge in [-0.05, 0) is 76.6 Å². The second kappa shape index (κ2) is 10.9.